The van der Waals surface area contributed by atoms with E-state index in [0.29, 0.717) is 17.7 Å². The predicted octanol–water partition coefficient (Wildman–Crippen LogP) is 2.26. The number of aryl methyl sites for hydroxylation is 1. The van der Waals surface area contributed by atoms with E-state index < -0.39 is 5.97 Å². The third kappa shape index (κ3) is 3.17. The lowest BCUT2D eigenvalue weighted by Gasteiger charge is -2.13. The lowest BCUT2D eigenvalue weighted by molar-refractivity contribution is -0.137. The highest BCUT2D eigenvalue weighted by atomic mass is 16.5. The van der Waals surface area contributed by atoms with Crippen molar-refractivity contribution in [3.63, 3.8) is 0 Å². The Morgan fingerprint density at radius 1 is 1.35 bits per heavy atom. The van der Waals surface area contributed by atoms with Gasteiger partial charge in [0, 0.05) is 24.2 Å². The summed E-state index contributed by atoms with van der Waals surface area (Å²) in [6, 6.07) is 6.73. The highest BCUT2D eigenvalue weighted by molar-refractivity contribution is 5.80. The lowest BCUT2D eigenvalue weighted by atomic mass is 10.2. The van der Waals surface area contributed by atoms with Crippen LogP contribution in [0.25, 0.3) is 10.9 Å². The molecule has 1 heterocycles. The lowest BCUT2D eigenvalue weighted by Crippen LogP contribution is -2.11. The van der Waals surface area contributed by atoms with E-state index in [-0.39, 0.29) is 18.0 Å². The Hall–Kier alpha value is -2.30. The Bertz CT molecular complexity index is 688. The van der Waals surface area contributed by atoms with Gasteiger partial charge in [-0.1, -0.05) is 0 Å². The molecular weight excluding hydrogens is 258 g/mol. The summed E-state index contributed by atoms with van der Waals surface area (Å²) in [7, 11) is 0. The van der Waals surface area contributed by atoms with E-state index >= 15 is 0 Å². The minimum atomic E-state index is -0.864. The number of nitrogens with zero attached hydrogens (tertiary/aromatic N) is 1. The summed E-state index contributed by atoms with van der Waals surface area (Å²) < 4.78 is 7.34. The fourth-order valence-electron chi connectivity index (χ4n) is 2.05. The van der Waals surface area contributed by atoms with Crippen LogP contribution < -0.4 is 10.2 Å². The minimum absolute atomic E-state index is 0.0161. The first-order valence-electron chi connectivity index (χ1n) is 6.49. The van der Waals surface area contributed by atoms with Crippen molar-refractivity contribution in [3.8, 4) is 5.75 Å². The topological polar surface area (TPSA) is 68.5 Å². The summed E-state index contributed by atoms with van der Waals surface area (Å²) in [4.78, 5) is 22.6. The highest BCUT2D eigenvalue weighted by Crippen LogP contribution is 2.19. The molecule has 0 fully saturated rings. The number of pyridine rings is 1. The standard InChI is InChI=1S/C15H17NO4/c1-10(2)20-11-3-4-13-12(9-11)14(17)5-7-16(13)8-6-15(18)19/h3-5,7,9-10H,6,8H2,1-2H3,(H,18,19). The maximum absolute atomic E-state index is 11.9. The van der Waals surface area contributed by atoms with Gasteiger partial charge in [-0.2, -0.15) is 0 Å². The smallest absolute Gasteiger partial charge is 0.305 e. The van der Waals surface area contributed by atoms with Gasteiger partial charge < -0.3 is 14.4 Å². The third-order valence-corrected chi connectivity index (χ3v) is 2.89. The maximum Gasteiger partial charge on any atom is 0.305 e. The van der Waals surface area contributed by atoms with Crippen LogP contribution in [-0.2, 0) is 11.3 Å². The quantitative estimate of drug-likeness (QED) is 0.908. The van der Waals surface area contributed by atoms with Crippen molar-refractivity contribution >= 4 is 16.9 Å². The van der Waals surface area contributed by atoms with Crippen LogP contribution in [0, 0.1) is 0 Å². The van der Waals surface area contributed by atoms with E-state index in [4.69, 9.17) is 9.84 Å². The van der Waals surface area contributed by atoms with Crippen LogP contribution in [-0.4, -0.2) is 21.7 Å². The molecule has 1 aromatic carbocycles. The summed E-state index contributed by atoms with van der Waals surface area (Å²) in [5, 5.41) is 9.29. The molecule has 2 rings (SSSR count). The number of hydrogen-bond donors (Lipinski definition) is 1. The molecule has 0 aliphatic heterocycles. The van der Waals surface area contributed by atoms with E-state index in [2.05, 4.69) is 0 Å². The molecule has 106 valence electrons. The zero-order valence-electron chi connectivity index (χ0n) is 11.5. The highest BCUT2D eigenvalue weighted by Gasteiger charge is 2.07. The Kier molecular flexibility index (Phi) is 4.08. The van der Waals surface area contributed by atoms with Crippen LogP contribution in [0.4, 0.5) is 0 Å². The van der Waals surface area contributed by atoms with Gasteiger partial charge in [0.15, 0.2) is 5.43 Å². The number of benzene rings is 1. The van der Waals surface area contributed by atoms with Gasteiger partial charge in [-0.25, -0.2) is 0 Å². The molecule has 0 unspecified atom stereocenters. The molecular formula is C15H17NO4. The molecule has 0 saturated heterocycles. The van der Waals surface area contributed by atoms with E-state index in [1.807, 2.05) is 13.8 Å². The van der Waals surface area contributed by atoms with Gasteiger partial charge in [-0.05, 0) is 32.0 Å². The van der Waals surface area contributed by atoms with Gasteiger partial charge in [0.1, 0.15) is 5.75 Å². The van der Waals surface area contributed by atoms with Gasteiger partial charge >= 0.3 is 5.97 Å². The van der Waals surface area contributed by atoms with Crippen LogP contribution in [0.3, 0.4) is 0 Å². The summed E-state index contributed by atoms with van der Waals surface area (Å²) in [6.07, 6.45) is 1.67. The summed E-state index contributed by atoms with van der Waals surface area (Å²) >= 11 is 0. The Morgan fingerprint density at radius 3 is 2.75 bits per heavy atom. The number of carboxylic acid groups (broad SMARTS) is 1. The Labute approximate surface area is 116 Å². The van der Waals surface area contributed by atoms with Gasteiger partial charge in [0.25, 0.3) is 0 Å². The van der Waals surface area contributed by atoms with Gasteiger partial charge in [-0.15, -0.1) is 0 Å². The number of aliphatic carboxylic acids is 1. The molecule has 1 aromatic heterocycles. The van der Waals surface area contributed by atoms with E-state index in [0.717, 1.165) is 5.52 Å². The summed E-state index contributed by atoms with van der Waals surface area (Å²) in [5.41, 5.74) is 0.621. The first-order chi connectivity index (χ1) is 9.47. The zero-order chi connectivity index (χ0) is 14.7. The van der Waals surface area contributed by atoms with Gasteiger partial charge in [-0.3, -0.25) is 9.59 Å². The number of hydrogen-bond acceptors (Lipinski definition) is 3. The molecule has 1 N–H and O–H groups in total. The average Bonchev–Trinajstić information content (AvgIpc) is 2.37. The molecule has 0 amide bonds. The number of carbonyl (C=O) groups is 1. The first kappa shape index (κ1) is 14.1. The maximum atomic E-state index is 11.9. The molecule has 20 heavy (non-hydrogen) atoms. The van der Waals surface area contributed by atoms with Crippen molar-refractivity contribution in [1.82, 2.24) is 4.57 Å². The molecule has 0 aliphatic rings. The van der Waals surface area contributed by atoms with Gasteiger partial charge in [0.2, 0.25) is 0 Å². The average molecular weight is 275 g/mol. The van der Waals surface area contributed by atoms with Crippen LogP contribution in [0.15, 0.2) is 35.3 Å². The second-order valence-electron chi connectivity index (χ2n) is 4.86. The number of fused-ring (bicyclic) bond motifs is 1. The molecule has 0 spiro atoms. The van der Waals surface area contributed by atoms with Crippen LogP contribution >= 0.6 is 0 Å². The van der Waals surface area contributed by atoms with E-state index in [1.54, 1.807) is 29.0 Å². The Morgan fingerprint density at radius 2 is 2.10 bits per heavy atom. The molecule has 0 saturated carbocycles. The Balaban J connectivity index is 2.45. The molecule has 2 aromatic rings. The fourth-order valence-corrected chi connectivity index (χ4v) is 2.05. The van der Waals surface area contributed by atoms with Crippen molar-refractivity contribution in [3.05, 3.63) is 40.7 Å². The summed E-state index contributed by atoms with van der Waals surface area (Å²) in [5.74, 6) is -0.225. The van der Waals surface area contributed by atoms with E-state index in [9.17, 15) is 9.59 Å². The molecule has 0 radical (unpaired) electrons. The fraction of sp³-hybridized carbons (Fsp3) is 0.333. The SMILES string of the molecule is CC(C)Oc1ccc2c(c1)c(=O)ccn2CCC(=O)O. The van der Waals surface area contributed by atoms with Crippen molar-refractivity contribution < 1.29 is 14.6 Å². The monoisotopic (exact) mass is 275 g/mol. The molecule has 0 bridgehead atoms. The van der Waals surface area contributed by atoms with Crippen molar-refractivity contribution in [1.29, 1.82) is 0 Å². The number of ether oxygens (including phenoxy) is 1. The first-order valence-corrected chi connectivity index (χ1v) is 6.49. The van der Waals surface area contributed by atoms with Crippen molar-refractivity contribution in [2.45, 2.75) is 32.9 Å². The third-order valence-electron chi connectivity index (χ3n) is 2.89. The largest absolute Gasteiger partial charge is 0.491 e. The van der Waals surface area contributed by atoms with Crippen LogP contribution in [0.5, 0.6) is 5.75 Å². The predicted molar refractivity (Wildman–Crippen MR) is 76.2 cm³/mol. The number of aromatic nitrogens is 1. The molecule has 5 nitrogen and oxygen atoms in total. The molecule has 5 heteroatoms. The minimum Gasteiger partial charge on any atom is -0.491 e. The second-order valence-corrected chi connectivity index (χ2v) is 4.86. The van der Waals surface area contributed by atoms with Crippen LogP contribution in [0.2, 0.25) is 0 Å². The summed E-state index contributed by atoms with van der Waals surface area (Å²) in [6.45, 7) is 4.16. The van der Waals surface area contributed by atoms with Crippen molar-refractivity contribution in [2.24, 2.45) is 0 Å². The number of rotatable bonds is 5. The normalized spacial score (nSPS) is 10.9. The van der Waals surface area contributed by atoms with E-state index in [1.165, 1.54) is 6.07 Å². The second kappa shape index (κ2) is 5.77. The van der Waals surface area contributed by atoms with Crippen molar-refractivity contribution in [2.75, 3.05) is 0 Å². The zero-order valence-corrected chi connectivity index (χ0v) is 11.5. The molecule has 0 atom stereocenters. The number of carboxylic acids is 1. The molecule has 0 aliphatic carbocycles. The van der Waals surface area contributed by atoms with Gasteiger partial charge in [0.05, 0.1) is 18.0 Å². The van der Waals surface area contributed by atoms with Crippen LogP contribution in [0.1, 0.15) is 20.3 Å².